The van der Waals surface area contributed by atoms with E-state index >= 15 is 0 Å². The van der Waals surface area contributed by atoms with E-state index in [4.69, 9.17) is 4.98 Å². The number of fused-ring (bicyclic) bond motifs is 1. The van der Waals surface area contributed by atoms with Crippen LogP contribution in [0.15, 0.2) is 35.1 Å². The van der Waals surface area contributed by atoms with Crippen molar-refractivity contribution < 1.29 is 4.79 Å². The topological polar surface area (TPSA) is 81.8 Å². The van der Waals surface area contributed by atoms with Crippen LogP contribution in [0.1, 0.15) is 41.1 Å². The van der Waals surface area contributed by atoms with Gasteiger partial charge in [0.05, 0.1) is 11.4 Å². The summed E-state index contributed by atoms with van der Waals surface area (Å²) in [4.78, 5) is 30.8. The fourth-order valence-corrected chi connectivity index (χ4v) is 3.79. The van der Waals surface area contributed by atoms with Crippen molar-refractivity contribution in [1.82, 2.24) is 19.3 Å². The molecule has 2 heterocycles. The van der Waals surface area contributed by atoms with E-state index in [2.05, 4.69) is 10.4 Å². The number of rotatable bonds is 4. The molecule has 0 saturated heterocycles. The predicted molar refractivity (Wildman–Crippen MR) is 112 cm³/mol. The van der Waals surface area contributed by atoms with Crippen molar-refractivity contribution in [2.75, 3.05) is 5.32 Å². The van der Waals surface area contributed by atoms with Gasteiger partial charge in [-0.2, -0.15) is 5.10 Å². The van der Waals surface area contributed by atoms with Crippen LogP contribution in [0.5, 0.6) is 0 Å². The first-order valence-corrected chi connectivity index (χ1v) is 9.95. The second kappa shape index (κ2) is 7.66. The zero-order valence-electron chi connectivity index (χ0n) is 17.0. The number of anilines is 1. The summed E-state index contributed by atoms with van der Waals surface area (Å²) in [5.41, 5.74) is 4.94. The van der Waals surface area contributed by atoms with Gasteiger partial charge in [-0.15, -0.1) is 0 Å². The van der Waals surface area contributed by atoms with Crippen molar-refractivity contribution in [1.29, 1.82) is 0 Å². The summed E-state index contributed by atoms with van der Waals surface area (Å²) in [6.07, 6.45) is 3.48. The van der Waals surface area contributed by atoms with Crippen LogP contribution >= 0.6 is 0 Å². The monoisotopic (exact) mass is 391 g/mol. The molecule has 0 radical (unpaired) electrons. The normalized spacial score (nSPS) is 13.2. The van der Waals surface area contributed by atoms with Crippen LogP contribution < -0.4 is 10.9 Å². The highest BCUT2D eigenvalue weighted by molar-refractivity contribution is 5.90. The summed E-state index contributed by atoms with van der Waals surface area (Å²) in [5, 5.41) is 7.36. The Hall–Kier alpha value is -3.22. The zero-order chi connectivity index (χ0) is 20.5. The Morgan fingerprint density at radius 3 is 2.52 bits per heavy atom. The van der Waals surface area contributed by atoms with Gasteiger partial charge in [0.15, 0.2) is 0 Å². The molecule has 2 aromatic heterocycles. The largest absolute Gasteiger partial charge is 0.325 e. The molecule has 0 atom stereocenters. The van der Waals surface area contributed by atoms with Gasteiger partial charge in [0.25, 0.3) is 5.56 Å². The minimum absolute atomic E-state index is 0.110. The standard InChI is InChI=1S/C22H25N5O2/c1-14-8-10-17(11-9-14)23-20(28)13-26-21(29)18-6-4-5-7-19(18)24-22(26)27-16(3)12-15(2)25-27/h8-12H,4-7,13H2,1-3H3,(H,23,28). The van der Waals surface area contributed by atoms with Gasteiger partial charge in [0.1, 0.15) is 6.54 Å². The van der Waals surface area contributed by atoms with Crippen molar-refractivity contribution in [3.63, 3.8) is 0 Å². The molecular weight excluding hydrogens is 366 g/mol. The molecule has 0 spiro atoms. The molecule has 0 unspecified atom stereocenters. The van der Waals surface area contributed by atoms with Gasteiger partial charge in [0, 0.05) is 16.9 Å². The van der Waals surface area contributed by atoms with Crippen LogP contribution in [0, 0.1) is 20.8 Å². The third-order valence-corrected chi connectivity index (χ3v) is 5.25. The molecular formula is C22H25N5O2. The summed E-state index contributed by atoms with van der Waals surface area (Å²) in [6.45, 7) is 5.70. The summed E-state index contributed by atoms with van der Waals surface area (Å²) in [6, 6.07) is 9.50. The van der Waals surface area contributed by atoms with Crippen molar-refractivity contribution in [2.45, 2.75) is 53.0 Å². The van der Waals surface area contributed by atoms with Crippen LogP contribution in [-0.4, -0.2) is 25.2 Å². The quantitative estimate of drug-likeness (QED) is 0.741. The second-order valence-electron chi connectivity index (χ2n) is 7.69. The summed E-state index contributed by atoms with van der Waals surface area (Å²) < 4.78 is 3.11. The number of nitrogens with one attached hydrogen (secondary N) is 1. The van der Waals surface area contributed by atoms with Crippen LogP contribution in [-0.2, 0) is 24.2 Å². The Bertz CT molecular complexity index is 1130. The fourth-order valence-electron chi connectivity index (χ4n) is 3.79. The van der Waals surface area contributed by atoms with E-state index in [9.17, 15) is 9.59 Å². The third kappa shape index (κ3) is 3.85. The smallest absolute Gasteiger partial charge is 0.258 e. The van der Waals surface area contributed by atoms with E-state index in [1.54, 1.807) is 4.68 Å². The Labute approximate surface area is 169 Å². The SMILES string of the molecule is Cc1ccc(NC(=O)Cn2c(-n3nc(C)cc3C)nc3c(c2=O)CCCC3)cc1. The molecule has 0 bridgehead atoms. The third-order valence-electron chi connectivity index (χ3n) is 5.25. The number of amides is 1. The highest BCUT2D eigenvalue weighted by Crippen LogP contribution is 2.19. The van der Waals surface area contributed by atoms with Gasteiger partial charge < -0.3 is 5.32 Å². The molecule has 0 fully saturated rings. The molecule has 3 aromatic rings. The second-order valence-corrected chi connectivity index (χ2v) is 7.69. The Kier molecular flexibility index (Phi) is 5.05. The minimum Gasteiger partial charge on any atom is -0.325 e. The number of hydrogen-bond acceptors (Lipinski definition) is 4. The Morgan fingerprint density at radius 2 is 1.83 bits per heavy atom. The Balaban J connectivity index is 1.74. The van der Waals surface area contributed by atoms with Gasteiger partial charge in [0.2, 0.25) is 11.9 Å². The van der Waals surface area contributed by atoms with E-state index in [0.717, 1.165) is 47.5 Å². The number of carbonyl (C=O) groups excluding carboxylic acids is 1. The number of hydrogen-bond donors (Lipinski definition) is 1. The van der Waals surface area contributed by atoms with E-state index < -0.39 is 0 Å². The molecule has 0 saturated carbocycles. The fraction of sp³-hybridized carbons (Fsp3) is 0.364. The number of carbonyl (C=O) groups is 1. The van der Waals surface area contributed by atoms with E-state index in [-0.39, 0.29) is 18.0 Å². The summed E-state index contributed by atoms with van der Waals surface area (Å²) in [5.74, 6) is 0.136. The molecule has 1 aromatic carbocycles. The maximum atomic E-state index is 13.3. The zero-order valence-corrected chi connectivity index (χ0v) is 17.0. The highest BCUT2D eigenvalue weighted by Gasteiger charge is 2.22. The molecule has 1 amide bonds. The molecule has 0 aliphatic heterocycles. The van der Waals surface area contributed by atoms with Gasteiger partial charge in [-0.1, -0.05) is 17.7 Å². The van der Waals surface area contributed by atoms with Crippen LogP contribution in [0.2, 0.25) is 0 Å². The average Bonchev–Trinajstić information content (AvgIpc) is 3.03. The maximum Gasteiger partial charge on any atom is 0.258 e. The van der Waals surface area contributed by atoms with Crippen molar-refractivity contribution >= 4 is 11.6 Å². The van der Waals surface area contributed by atoms with Crippen molar-refractivity contribution in [3.8, 4) is 5.95 Å². The lowest BCUT2D eigenvalue weighted by atomic mass is 9.97. The number of benzene rings is 1. The lowest BCUT2D eigenvalue weighted by Crippen LogP contribution is -2.35. The first-order valence-electron chi connectivity index (χ1n) is 9.95. The van der Waals surface area contributed by atoms with Gasteiger partial charge in [-0.3, -0.25) is 14.2 Å². The van der Waals surface area contributed by atoms with Gasteiger partial charge in [-0.05, 0) is 64.7 Å². The molecule has 1 N–H and O–H groups in total. The first-order chi connectivity index (χ1) is 13.9. The lowest BCUT2D eigenvalue weighted by Gasteiger charge is -2.20. The van der Waals surface area contributed by atoms with Gasteiger partial charge >= 0.3 is 0 Å². The predicted octanol–water partition coefficient (Wildman–Crippen LogP) is 2.87. The van der Waals surface area contributed by atoms with Gasteiger partial charge in [-0.25, -0.2) is 9.67 Å². The lowest BCUT2D eigenvalue weighted by molar-refractivity contribution is -0.116. The molecule has 150 valence electrons. The number of aryl methyl sites for hydroxylation is 4. The molecule has 7 heteroatoms. The summed E-state index contributed by atoms with van der Waals surface area (Å²) >= 11 is 0. The van der Waals surface area contributed by atoms with Crippen molar-refractivity contribution in [3.05, 3.63) is 68.9 Å². The number of aromatic nitrogens is 4. The van der Waals surface area contributed by atoms with Crippen LogP contribution in [0.25, 0.3) is 5.95 Å². The first kappa shape index (κ1) is 19.1. The number of nitrogens with zero attached hydrogens (tertiary/aromatic N) is 4. The highest BCUT2D eigenvalue weighted by atomic mass is 16.2. The molecule has 1 aliphatic rings. The average molecular weight is 391 g/mol. The van der Waals surface area contributed by atoms with E-state index in [0.29, 0.717) is 18.1 Å². The minimum atomic E-state index is -0.267. The molecule has 7 nitrogen and oxygen atoms in total. The van der Waals surface area contributed by atoms with E-state index in [1.807, 2.05) is 51.1 Å². The molecule has 1 aliphatic carbocycles. The molecule has 4 rings (SSSR count). The summed E-state index contributed by atoms with van der Waals surface area (Å²) in [7, 11) is 0. The van der Waals surface area contributed by atoms with E-state index in [1.165, 1.54) is 4.57 Å². The molecule has 29 heavy (non-hydrogen) atoms. The van der Waals surface area contributed by atoms with Crippen LogP contribution in [0.4, 0.5) is 5.69 Å². The Morgan fingerprint density at radius 1 is 1.10 bits per heavy atom. The maximum absolute atomic E-state index is 13.3. The van der Waals surface area contributed by atoms with Crippen molar-refractivity contribution in [2.24, 2.45) is 0 Å². The van der Waals surface area contributed by atoms with Crippen LogP contribution in [0.3, 0.4) is 0 Å².